The lowest BCUT2D eigenvalue weighted by atomic mass is 9.94. The van der Waals surface area contributed by atoms with Crippen LogP contribution in [0.15, 0.2) is 188 Å². The maximum atomic E-state index is 2.44. The third-order valence-electron chi connectivity index (χ3n) is 10.6. The lowest BCUT2D eigenvalue weighted by Crippen LogP contribution is -2.09. The van der Waals surface area contributed by atoms with Gasteiger partial charge in [0.2, 0.25) is 0 Å². The summed E-state index contributed by atoms with van der Waals surface area (Å²) in [6, 6.07) is 68.5. The molecule has 0 saturated heterocycles. The Bertz CT molecular complexity index is 2740. The van der Waals surface area contributed by atoms with E-state index in [1.165, 1.54) is 65.9 Å². The number of hydrogen-bond donors (Lipinski definition) is 0. The largest absolute Gasteiger partial charge is 0.311 e. The molecule has 0 aliphatic carbocycles. The fourth-order valence-electron chi connectivity index (χ4n) is 8.18. The van der Waals surface area contributed by atoms with Crippen LogP contribution >= 0.6 is 0 Å². The Labute approximate surface area is 309 Å². The van der Waals surface area contributed by atoms with Gasteiger partial charge in [-0.3, -0.25) is 0 Å². The standard InChI is InChI=1S/C50H37N3/c1-34-21-27-39(28-22-34)51(40-29-23-35(2)24-30-40)41-31-25-36(26-32-41)48-49-42-17-9-11-19-44(42)52(37-13-5-3-6-14-37)46(49)33-47-50(48)43-18-10-12-20-45(43)53(47)38-15-7-4-8-16-38/h3-33H,1-2H3. The molecule has 0 fully saturated rings. The van der Waals surface area contributed by atoms with Crippen LogP contribution in [0.25, 0.3) is 66.1 Å². The normalized spacial score (nSPS) is 11.6. The molecule has 2 heterocycles. The predicted molar refractivity (Wildman–Crippen MR) is 225 cm³/mol. The molecule has 0 radical (unpaired) electrons. The van der Waals surface area contributed by atoms with E-state index in [-0.39, 0.29) is 0 Å². The number of nitrogens with zero attached hydrogens (tertiary/aromatic N) is 3. The molecule has 0 amide bonds. The van der Waals surface area contributed by atoms with Gasteiger partial charge >= 0.3 is 0 Å². The van der Waals surface area contributed by atoms with Crippen molar-refractivity contribution in [1.82, 2.24) is 9.13 Å². The molecule has 3 heteroatoms. The molecule has 3 nitrogen and oxygen atoms in total. The second-order valence-electron chi connectivity index (χ2n) is 14.0. The van der Waals surface area contributed by atoms with Crippen LogP contribution in [0, 0.1) is 13.8 Å². The lowest BCUT2D eigenvalue weighted by molar-refractivity contribution is 1.16. The van der Waals surface area contributed by atoms with E-state index in [1.807, 2.05) is 0 Å². The zero-order valence-electron chi connectivity index (χ0n) is 29.7. The molecule has 0 N–H and O–H groups in total. The molecule has 0 spiro atoms. The summed E-state index contributed by atoms with van der Waals surface area (Å²) in [5, 5.41) is 5.00. The van der Waals surface area contributed by atoms with Crippen molar-refractivity contribution in [1.29, 1.82) is 0 Å². The molecule has 53 heavy (non-hydrogen) atoms. The van der Waals surface area contributed by atoms with Crippen molar-refractivity contribution >= 4 is 60.7 Å². The van der Waals surface area contributed by atoms with Gasteiger partial charge in [-0.05, 0) is 98.3 Å². The third kappa shape index (κ3) is 5.04. The Hall–Kier alpha value is -6.84. The molecule has 0 aliphatic heterocycles. The summed E-state index contributed by atoms with van der Waals surface area (Å²) in [6.45, 7) is 4.28. The number of anilines is 3. The Morgan fingerprint density at radius 2 is 0.736 bits per heavy atom. The summed E-state index contributed by atoms with van der Waals surface area (Å²) in [5.41, 5.74) is 15.4. The average molecular weight is 680 g/mol. The van der Waals surface area contributed by atoms with E-state index in [2.05, 4.69) is 216 Å². The first kappa shape index (κ1) is 30.9. The van der Waals surface area contributed by atoms with Crippen molar-refractivity contribution in [3.63, 3.8) is 0 Å². The average Bonchev–Trinajstić information content (AvgIpc) is 3.72. The van der Waals surface area contributed by atoms with Gasteiger partial charge in [0.05, 0.1) is 22.1 Å². The quantitative estimate of drug-likeness (QED) is 0.170. The van der Waals surface area contributed by atoms with Crippen molar-refractivity contribution in [3.05, 3.63) is 199 Å². The fourth-order valence-corrected chi connectivity index (χ4v) is 8.18. The van der Waals surface area contributed by atoms with Crippen molar-refractivity contribution in [2.75, 3.05) is 4.90 Å². The predicted octanol–water partition coefficient (Wildman–Crippen LogP) is 13.6. The number of aryl methyl sites for hydroxylation is 2. The zero-order chi connectivity index (χ0) is 35.5. The van der Waals surface area contributed by atoms with Gasteiger partial charge in [0, 0.05) is 55.5 Å². The van der Waals surface area contributed by atoms with Gasteiger partial charge in [0.1, 0.15) is 0 Å². The molecule has 10 rings (SSSR count). The summed E-state index contributed by atoms with van der Waals surface area (Å²) >= 11 is 0. The first-order chi connectivity index (χ1) is 26.1. The van der Waals surface area contributed by atoms with Crippen molar-refractivity contribution < 1.29 is 0 Å². The Balaban J connectivity index is 1.30. The number of fused-ring (bicyclic) bond motifs is 6. The van der Waals surface area contributed by atoms with Crippen LogP contribution in [0.2, 0.25) is 0 Å². The molecule has 0 atom stereocenters. The van der Waals surface area contributed by atoms with Gasteiger partial charge in [-0.15, -0.1) is 0 Å². The number of benzene rings is 8. The van der Waals surface area contributed by atoms with E-state index in [0.717, 1.165) is 28.4 Å². The van der Waals surface area contributed by atoms with Crippen molar-refractivity contribution in [3.8, 4) is 22.5 Å². The minimum absolute atomic E-state index is 1.11. The van der Waals surface area contributed by atoms with Gasteiger partial charge in [0.25, 0.3) is 0 Å². The maximum Gasteiger partial charge on any atom is 0.0568 e. The van der Waals surface area contributed by atoms with E-state index >= 15 is 0 Å². The van der Waals surface area contributed by atoms with Crippen LogP contribution in [0.5, 0.6) is 0 Å². The smallest absolute Gasteiger partial charge is 0.0568 e. The topological polar surface area (TPSA) is 13.1 Å². The van der Waals surface area contributed by atoms with Crippen LogP contribution in [0.4, 0.5) is 17.1 Å². The molecular weight excluding hydrogens is 643 g/mol. The van der Waals surface area contributed by atoms with Crippen molar-refractivity contribution in [2.45, 2.75) is 13.8 Å². The molecular formula is C50H37N3. The van der Waals surface area contributed by atoms with Gasteiger partial charge in [-0.25, -0.2) is 0 Å². The minimum Gasteiger partial charge on any atom is -0.311 e. The van der Waals surface area contributed by atoms with Crippen LogP contribution in [0.1, 0.15) is 11.1 Å². The number of rotatable bonds is 6. The Morgan fingerprint density at radius 1 is 0.358 bits per heavy atom. The van der Waals surface area contributed by atoms with Gasteiger partial charge in [-0.1, -0.05) is 120 Å². The van der Waals surface area contributed by atoms with Crippen LogP contribution in [-0.2, 0) is 0 Å². The maximum absolute atomic E-state index is 2.44. The minimum atomic E-state index is 1.11. The summed E-state index contributed by atoms with van der Waals surface area (Å²) < 4.78 is 4.87. The Morgan fingerprint density at radius 3 is 1.17 bits per heavy atom. The summed E-state index contributed by atoms with van der Waals surface area (Å²) in [4.78, 5) is 2.35. The molecule has 0 bridgehead atoms. The van der Waals surface area contributed by atoms with Crippen molar-refractivity contribution in [2.24, 2.45) is 0 Å². The fraction of sp³-hybridized carbons (Fsp3) is 0.0400. The molecule has 10 aromatic rings. The molecule has 252 valence electrons. The van der Waals surface area contributed by atoms with Gasteiger partial charge < -0.3 is 14.0 Å². The molecule has 0 unspecified atom stereocenters. The van der Waals surface area contributed by atoms with E-state index in [1.54, 1.807) is 0 Å². The molecule has 0 saturated carbocycles. The van der Waals surface area contributed by atoms with E-state index < -0.39 is 0 Å². The first-order valence-electron chi connectivity index (χ1n) is 18.3. The molecule has 0 aliphatic rings. The monoisotopic (exact) mass is 679 g/mol. The Kier molecular flexibility index (Phi) is 7.26. The van der Waals surface area contributed by atoms with E-state index in [0.29, 0.717) is 0 Å². The van der Waals surface area contributed by atoms with Gasteiger partial charge in [-0.2, -0.15) is 0 Å². The highest BCUT2D eigenvalue weighted by Gasteiger charge is 2.24. The lowest BCUT2D eigenvalue weighted by Gasteiger charge is -2.26. The zero-order valence-corrected chi connectivity index (χ0v) is 29.7. The highest BCUT2D eigenvalue weighted by Crippen LogP contribution is 2.47. The van der Waals surface area contributed by atoms with E-state index in [4.69, 9.17) is 0 Å². The number of para-hydroxylation sites is 4. The van der Waals surface area contributed by atoms with Gasteiger partial charge in [0.15, 0.2) is 0 Å². The number of hydrogen-bond acceptors (Lipinski definition) is 1. The highest BCUT2D eigenvalue weighted by atomic mass is 15.1. The SMILES string of the molecule is Cc1ccc(N(c2ccc(C)cc2)c2ccc(-c3c4c5ccccc5n(-c5ccccc5)c4cc4c3c3ccccc3n4-c3ccccc3)cc2)cc1. The second kappa shape index (κ2) is 12.4. The first-order valence-corrected chi connectivity index (χ1v) is 18.3. The molecule has 8 aromatic carbocycles. The van der Waals surface area contributed by atoms with Crippen LogP contribution in [0.3, 0.4) is 0 Å². The van der Waals surface area contributed by atoms with Crippen LogP contribution < -0.4 is 4.90 Å². The summed E-state index contributed by atoms with van der Waals surface area (Å²) in [7, 11) is 0. The van der Waals surface area contributed by atoms with Crippen LogP contribution in [-0.4, -0.2) is 9.13 Å². The highest BCUT2D eigenvalue weighted by molar-refractivity contribution is 6.28. The van der Waals surface area contributed by atoms with E-state index in [9.17, 15) is 0 Å². The summed E-state index contributed by atoms with van der Waals surface area (Å²) in [5.74, 6) is 0. The third-order valence-corrected chi connectivity index (χ3v) is 10.6. The number of aromatic nitrogens is 2. The molecule has 2 aromatic heterocycles. The second-order valence-corrected chi connectivity index (χ2v) is 14.0. The summed E-state index contributed by atoms with van der Waals surface area (Å²) in [6.07, 6.45) is 0.